The molecule has 0 spiro atoms. The molecule has 5 aromatic rings. The predicted octanol–water partition coefficient (Wildman–Crippen LogP) is 4.19. The molecule has 6 rings (SSSR count). The zero-order valence-electron chi connectivity index (χ0n) is 21.6. The van der Waals surface area contributed by atoms with Crippen molar-refractivity contribution in [3.05, 3.63) is 82.3 Å². The van der Waals surface area contributed by atoms with E-state index in [9.17, 15) is 4.79 Å². The van der Waals surface area contributed by atoms with Crippen LogP contribution in [0.15, 0.2) is 64.1 Å². The molecule has 194 valence electrons. The van der Waals surface area contributed by atoms with Crippen molar-refractivity contribution in [2.75, 3.05) is 32.0 Å². The summed E-state index contributed by atoms with van der Waals surface area (Å²) >= 11 is 0. The molecule has 4 heterocycles. The number of nitrogens with zero attached hydrogens (tertiary/aromatic N) is 5. The first-order valence-corrected chi connectivity index (χ1v) is 13.0. The maximum Gasteiger partial charge on any atom is 0.343 e. The molecular formula is C29H30N6O3. The van der Waals surface area contributed by atoms with Crippen molar-refractivity contribution in [1.82, 2.24) is 24.6 Å². The third-order valence-corrected chi connectivity index (χ3v) is 7.29. The Morgan fingerprint density at radius 3 is 2.50 bits per heavy atom. The maximum atomic E-state index is 13.1. The van der Waals surface area contributed by atoms with Crippen LogP contribution in [0.1, 0.15) is 36.9 Å². The third kappa shape index (κ3) is 4.23. The normalized spacial score (nSPS) is 15.3. The van der Waals surface area contributed by atoms with Gasteiger partial charge in [0.05, 0.1) is 29.7 Å². The van der Waals surface area contributed by atoms with E-state index in [1.807, 2.05) is 32.0 Å². The average molecular weight is 511 g/mol. The quantitative estimate of drug-likeness (QED) is 0.362. The van der Waals surface area contributed by atoms with E-state index in [1.165, 1.54) is 11.9 Å². The Kier molecular flexibility index (Phi) is 6.39. The van der Waals surface area contributed by atoms with Crippen molar-refractivity contribution in [3.8, 4) is 11.1 Å². The molecule has 0 saturated carbocycles. The van der Waals surface area contributed by atoms with Crippen molar-refractivity contribution in [1.29, 1.82) is 0 Å². The lowest BCUT2D eigenvalue weighted by Crippen LogP contribution is -2.35. The van der Waals surface area contributed by atoms with Crippen LogP contribution >= 0.6 is 0 Å². The van der Waals surface area contributed by atoms with Crippen LogP contribution < -0.4 is 11.4 Å². The minimum atomic E-state index is -0.424. The van der Waals surface area contributed by atoms with E-state index >= 15 is 0 Å². The molecule has 1 aliphatic rings. The fraction of sp³-hybridized carbons (Fsp3) is 0.310. The molecule has 2 aromatic carbocycles. The molecule has 1 unspecified atom stereocenters. The number of benzene rings is 2. The lowest BCUT2D eigenvalue weighted by molar-refractivity contribution is 0.0342. The van der Waals surface area contributed by atoms with Gasteiger partial charge < -0.3 is 14.9 Å². The lowest BCUT2D eigenvalue weighted by Gasteiger charge is -2.26. The Morgan fingerprint density at radius 2 is 1.76 bits per heavy atom. The molecule has 3 aromatic heterocycles. The molecule has 1 fully saturated rings. The van der Waals surface area contributed by atoms with Crippen LogP contribution in [0.4, 0.5) is 5.82 Å². The van der Waals surface area contributed by atoms with Gasteiger partial charge >= 0.3 is 5.63 Å². The number of aromatic nitrogens is 4. The first-order valence-electron chi connectivity index (χ1n) is 13.0. The van der Waals surface area contributed by atoms with Crippen LogP contribution in [0.5, 0.6) is 0 Å². The number of nitrogen functional groups attached to an aromatic ring is 1. The van der Waals surface area contributed by atoms with Gasteiger partial charge in [0.2, 0.25) is 0 Å². The second-order valence-electron chi connectivity index (χ2n) is 9.64. The summed E-state index contributed by atoms with van der Waals surface area (Å²) in [5, 5.41) is 6.94. The molecule has 1 aliphatic heterocycles. The fourth-order valence-corrected chi connectivity index (χ4v) is 5.30. The summed E-state index contributed by atoms with van der Waals surface area (Å²) in [5.41, 5.74) is 10.3. The molecule has 0 radical (unpaired) electrons. The number of aryl methyl sites for hydroxylation is 1. The minimum Gasteiger partial charge on any atom is -0.424 e. The standard InChI is InChI=1S/C29H30N6O3/c1-3-23-25-27(30)31-17-32-28(25)35(33-23)18(2)26-24(21-6-4-5-7-22(21)29(36)38-26)20-10-8-19(9-11-20)16-34-12-14-37-15-13-34/h4-11,17-18H,3,12-16H2,1-2H3,(H2,30,31,32). The van der Waals surface area contributed by atoms with Crippen molar-refractivity contribution in [2.45, 2.75) is 32.9 Å². The highest BCUT2D eigenvalue weighted by Crippen LogP contribution is 2.37. The molecule has 1 atom stereocenters. The van der Waals surface area contributed by atoms with Gasteiger partial charge in [-0.2, -0.15) is 5.10 Å². The van der Waals surface area contributed by atoms with E-state index in [4.69, 9.17) is 20.0 Å². The summed E-state index contributed by atoms with van der Waals surface area (Å²) in [5.74, 6) is 0.917. The minimum absolute atomic E-state index is 0.378. The number of ether oxygens (including phenoxy) is 1. The first kappa shape index (κ1) is 24.3. The van der Waals surface area contributed by atoms with Crippen LogP contribution in [0.3, 0.4) is 0 Å². The smallest absolute Gasteiger partial charge is 0.343 e. The summed E-state index contributed by atoms with van der Waals surface area (Å²) in [6.45, 7) is 8.27. The largest absolute Gasteiger partial charge is 0.424 e. The number of rotatable bonds is 6. The molecule has 0 amide bonds. The topological polar surface area (TPSA) is 112 Å². The number of morpholine rings is 1. The molecule has 0 aliphatic carbocycles. The van der Waals surface area contributed by atoms with Crippen LogP contribution in [0, 0.1) is 0 Å². The van der Waals surface area contributed by atoms with E-state index in [-0.39, 0.29) is 5.63 Å². The molecule has 0 bridgehead atoms. The number of nitrogens with two attached hydrogens (primary N) is 1. The van der Waals surface area contributed by atoms with Gasteiger partial charge in [-0.1, -0.05) is 49.4 Å². The fourth-order valence-electron chi connectivity index (χ4n) is 5.30. The Morgan fingerprint density at radius 1 is 1.03 bits per heavy atom. The van der Waals surface area contributed by atoms with Gasteiger partial charge in [-0.3, -0.25) is 4.90 Å². The van der Waals surface area contributed by atoms with Gasteiger partial charge in [0.1, 0.15) is 23.9 Å². The number of hydrogen-bond donors (Lipinski definition) is 1. The SMILES string of the molecule is CCc1nn(C(C)c2oc(=O)c3ccccc3c2-c2ccc(CN3CCOCC3)cc2)c2ncnc(N)c12. The molecule has 38 heavy (non-hydrogen) atoms. The molecular weight excluding hydrogens is 480 g/mol. The third-order valence-electron chi connectivity index (χ3n) is 7.29. The van der Waals surface area contributed by atoms with Crippen LogP contribution in [-0.2, 0) is 17.7 Å². The summed E-state index contributed by atoms with van der Waals surface area (Å²) in [4.78, 5) is 24.2. The summed E-state index contributed by atoms with van der Waals surface area (Å²) in [6.07, 6.45) is 2.11. The van der Waals surface area contributed by atoms with E-state index in [2.05, 4.69) is 39.1 Å². The summed E-state index contributed by atoms with van der Waals surface area (Å²) in [6, 6.07) is 15.6. The highest BCUT2D eigenvalue weighted by atomic mass is 16.5. The van der Waals surface area contributed by atoms with Crippen molar-refractivity contribution in [2.24, 2.45) is 0 Å². The van der Waals surface area contributed by atoms with Gasteiger partial charge in [-0.25, -0.2) is 19.4 Å². The molecule has 9 nitrogen and oxygen atoms in total. The van der Waals surface area contributed by atoms with Crippen molar-refractivity contribution < 1.29 is 9.15 Å². The highest BCUT2D eigenvalue weighted by Gasteiger charge is 2.25. The Hall–Kier alpha value is -4.08. The Balaban J connectivity index is 1.49. The van der Waals surface area contributed by atoms with Gasteiger partial charge in [0, 0.05) is 30.6 Å². The van der Waals surface area contributed by atoms with E-state index < -0.39 is 6.04 Å². The van der Waals surface area contributed by atoms with Crippen molar-refractivity contribution in [3.63, 3.8) is 0 Å². The zero-order chi connectivity index (χ0) is 26.2. The summed E-state index contributed by atoms with van der Waals surface area (Å²) in [7, 11) is 0. The monoisotopic (exact) mass is 510 g/mol. The Bertz CT molecular complexity index is 1670. The maximum absolute atomic E-state index is 13.1. The number of hydrogen-bond acceptors (Lipinski definition) is 8. The number of fused-ring (bicyclic) bond motifs is 2. The van der Waals surface area contributed by atoms with Crippen molar-refractivity contribution >= 4 is 27.6 Å². The second-order valence-corrected chi connectivity index (χ2v) is 9.64. The van der Waals surface area contributed by atoms with Crippen LogP contribution in [0.25, 0.3) is 32.9 Å². The van der Waals surface area contributed by atoms with E-state index in [0.717, 1.165) is 60.4 Å². The van der Waals surface area contributed by atoms with E-state index in [0.29, 0.717) is 29.0 Å². The highest BCUT2D eigenvalue weighted by molar-refractivity contribution is 5.97. The first-order chi connectivity index (χ1) is 18.5. The van der Waals surface area contributed by atoms with Crippen LogP contribution in [-0.4, -0.2) is 51.0 Å². The molecule has 9 heteroatoms. The zero-order valence-corrected chi connectivity index (χ0v) is 21.6. The average Bonchev–Trinajstić information content (AvgIpc) is 3.34. The summed E-state index contributed by atoms with van der Waals surface area (Å²) < 4.78 is 13.3. The molecule has 1 saturated heterocycles. The molecule has 2 N–H and O–H groups in total. The van der Waals surface area contributed by atoms with Crippen LogP contribution in [0.2, 0.25) is 0 Å². The van der Waals surface area contributed by atoms with Gasteiger partial charge in [0.15, 0.2) is 5.65 Å². The Labute approximate surface area is 219 Å². The van der Waals surface area contributed by atoms with Gasteiger partial charge in [0.25, 0.3) is 0 Å². The lowest BCUT2D eigenvalue weighted by atomic mass is 9.95. The van der Waals surface area contributed by atoms with E-state index in [1.54, 1.807) is 10.7 Å². The second kappa shape index (κ2) is 10.00. The predicted molar refractivity (Wildman–Crippen MR) is 147 cm³/mol. The number of anilines is 1. The van der Waals surface area contributed by atoms with Gasteiger partial charge in [-0.15, -0.1) is 0 Å². The van der Waals surface area contributed by atoms with Gasteiger partial charge in [-0.05, 0) is 30.5 Å².